The van der Waals surface area contributed by atoms with E-state index in [9.17, 15) is 9.59 Å². The molecule has 0 aromatic carbocycles. The second-order valence-electron chi connectivity index (χ2n) is 1.36. The van der Waals surface area contributed by atoms with E-state index >= 15 is 0 Å². The highest BCUT2D eigenvalue weighted by Gasteiger charge is 2.25. The Labute approximate surface area is 52.8 Å². The summed E-state index contributed by atoms with van der Waals surface area (Å²) in [6, 6.07) is 0. The first-order chi connectivity index (χ1) is 3.68. The number of halogens is 1. The summed E-state index contributed by atoms with van der Waals surface area (Å²) in [6.07, 6.45) is 2.98. The van der Waals surface area contributed by atoms with Crippen LogP contribution < -0.4 is 0 Å². The van der Waals surface area contributed by atoms with E-state index < -0.39 is 4.87 Å². The molecule has 0 fully saturated rings. The lowest BCUT2D eigenvalue weighted by atomic mass is 10.1. The van der Waals surface area contributed by atoms with Crippen molar-refractivity contribution in [2.75, 3.05) is 0 Å². The third-order valence-corrected chi connectivity index (χ3v) is 1.23. The van der Waals surface area contributed by atoms with Crippen LogP contribution in [-0.2, 0) is 9.59 Å². The van der Waals surface area contributed by atoms with Crippen LogP contribution in [-0.4, -0.2) is 17.4 Å². The highest BCUT2D eigenvalue weighted by Crippen LogP contribution is 2.11. The van der Waals surface area contributed by atoms with Gasteiger partial charge in [0.1, 0.15) is 0 Å². The fourth-order valence-corrected chi connectivity index (χ4v) is 0.165. The van der Waals surface area contributed by atoms with Crippen molar-refractivity contribution in [1.82, 2.24) is 0 Å². The minimum absolute atomic E-state index is 0.238. The maximum absolute atomic E-state index is 9.77. The molecule has 0 unspecified atom stereocenters. The molecule has 3 heteroatoms. The Balaban J connectivity index is 3.96. The summed E-state index contributed by atoms with van der Waals surface area (Å²) in [4.78, 5) is 18.0. The Hall–Kier alpha value is -0.370. The van der Waals surface area contributed by atoms with Crippen molar-refractivity contribution >= 4 is 24.2 Å². The van der Waals surface area contributed by atoms with Gasteiger partial charge < -0.3 is 0 Å². The summed E-state index contributed by atoms with van der Waals surface area (Å²) in [5.74, 6) is 0. The minimum atomic E-state index is -1.51. The van der Waals surface area contributed by atoms with Gasteiger partial charge in [-0.3, -0.25) is 9.59 Å². The van der Waals surface area contributed by atoms with Crippen LogP contribution in [0.2, 0.25) is 0 Å². The van der Waals surface area contributed by atoms with Crippen molar-refractivity contribution < 1.29 is 9.59 Å². The van der Waals surface area contributed by atoms with Crippen LogP contribution >= 0.6 is 11.6 Å². The molecule has 0 aromatic heterocycles. The molecule has 0 rings (SSSR count). The molecule has 0 bridgehead atoms. The first-order valence-corrected chi connectivity index (χ1v) is 2.54. The topological polar surface area (TPSA) is 34.1 Å². The first-order valence-electron chi connectivity index (χ1n) is 2.16. The van der Waals surface area contributed by atoms with Gasteiger partial charge in [0, 0.05) is 0 Å². The minimum Gasteiger partial charge on any atom is -0.288 e. The highest BCUT2D eigenvalue weighted by molar-refractivity contribution is 6.40. The molecule has 0 N–H and O–H groups in total. The average Bonchev–Trinajstić information content (AvgIpc) is 1.87. The lowest BCUT2D eigenvalue weighted by Gasteiger charge is -2.03. The fourth-order valence-electron chi connectivity index (χ4n) is 0.165. The average molecular weight is 133 g/mol. The molecule has 0 spiro atoms. The molecule has 0 aromatic rings. The number of rotatable bonds is 3. The lowest BCUT2D eigenvalue weighted by molar-refractivity contribution is 0.521. The molecule has 8 heavy (non-hydrogen) atoms. The number of carbonyl (C=O) groups excluding carboxylic acids is 2. The standard InChI is InChI=1S/C5H5ClO2/c1-2-5(6,3-7)4-8/h2H2,1H3. The summed E-state index contributed by atoms with van der Waals surface area (Å²) in [6.45, 7) is 1.61. The lowest BCUT2D eigenvalue weighted by Crippen LogP contribution is -2.23. The second-order valence-corrected chi connectivity index (χ2v) is 2.00. The maximum Gasteiger partial charge on any atom is 0.229 e. The molecule has 0 atom stereocenters. The zero-order chi connectivity index (χ0) is 6.62. The van der Waals surface area contributed by atoms with Crippen LogP contribution in [0, 0.1) is 0 Å². The van der Waals surface area contributed by atoms with Crippen LogP contribution in [0.1, 0.15) is 13.3 Å². The van der Waals surface area contributed by atoms with Gasteiger partial charge >= 0.3 is 0 Å². The highest BCUT2D eigenvalue weighted by atomic mass is 35.5. The molecule has 0 saturated carbocycles. The van der Waals surface area contributed by atoms with E-state index in [1.54, 1.807) is 6.92 Å². The van der Waals surface area contributed by atoms with E-state index in [1.807, 2.05) is 0 Å². The predicted octanol–water partition coefficient (Wildman–Crippen LogP) is 0.593. The summed E-state index contributed by atoms with van der Waals surface area (Å²) >= 11 is 5.25. The molecule has 2 radical (unpaired) electrons. The Kier molecular flexibility index (Phi) is 2.69. The summed E-state index contributed by atoms with van der Waals surface area (Å²) in [5.41, 5.74) is 0. The van der Waals surface area contributed by atoms with Crippen LogP contribution in [0.25, 0.3) is 0 Å². The van der Waals surface area contributed by atoms with Gasteiger partial charge in [-0.25, -0.2) is 0 Å². The zero-order valence-corrected chi connectivity index (χ0v) is 5.16. The molecule has 0 aliphatic carbocycles. The Morgan fingerprint density at radius 1 is 1.50 bits per heavy atom. The van der Waals surface area contributed by atoms with Gasteiger partial charge in [-0.1, -0.05) is 6.92 Å². The van der Waals surface area contributed by atoms with Crippen molar-refractivity contribution in [3.8, 4) is 0 Å². The number of alkyl halides is 1. The van der Waals surface area contributed by atoms with Gasteiger partial charge in [-0.2, -0.15) is 0 Å². The third kappa shape index (κ3) is 1.62. The molecule has 0 heterocycles. The van der Waals surface area contributed by atoms with Crippen LogP contribution in [0.5, 0.6) is 0 Å². The molecular formula is C5H5ClO2. The van der Waals surface area contributed by atoms with E-state index in [0.717, 1.165) is 0 Å². The Bertz CT molecular complexity index is 92.6. The zero-order valence-electron chi connectivity index (χ0n) is 4.40. The van der Waals surface area contributed by atoms with Crippen LogP contribution in [0.15, 0.2) is 0 Å². The van der Waals surface area contributed by atoms with Gasteiger partial charge in [0.2, 0.25) is 12.6 Å². The predicted molar refractivity (Wildman–Crippen MR) is 30.3 cm³/mol. The van der Waals surface area contributed by atoms with E-state index in [2.05, 4.69) is 0 Å². The van der Waals surface area contributed by atoms with E-state index in [0.29, 0.717) is 0 Å². The van der Waals surface area contributed by atoms with E-state index in [4.69, 9.17) is 11.6 Å². The van der Waals surface area contributed by atoms with Crippen LogP contribution in [0.3, 0.4) is 0 Å². The van der Waals surface area contributed by atoms with Crippen molar-refractivity contribution in [3.05, 3.63) is 0 Å². The summed E-state index contributed by atoms with van der Waals surface area (Å²) < 4.78 is 0. The molecule has 0 saturated heterocycles. The molecule has 0 amide bonds. The number of hydrogen-bond donors (Lipinski definition) is 0. The van der Waals surface area contributed by atoms with Crippen molar-refractivity contribution in [1.29, 1.82) is 0 Å². The SMILES string of the molecule is CCC(Cl)([C]=O)[C]=O. The Morgan fingerprint density at radius 3 is 1.88 bits per heavy atom. The molecule has 0 aliphatic heterocycles. The molecule has 0 aliphatic rings. The van der Waals surface area contributed by atoms with Gasteiger partial charge in [-0.05, 0) is 6.42 Å². The fraction of sp³-hybridized carbons (Fsp3) is 0.600. The van der Waals surface area contributed by atoms with Gasteiger partial charge in [0.25, 0.3) is 0 Å². The van der Waals surface area contributed by atoms with E-state index in [-0.39, 0.29) is 6.42 Å². The van der Waals surface area contributed by atoms with Gasteiger partial charge in [0.05, 0.1) is 0 Å². The van der Waals surface area contributed by atoms with Crippen molar-refractivity contribution in [2.45, 2.75) is 18.2 Å². The van der Waals surface area contributed by atoms with Gasteiger partial charge in [0.15, 0.2) is 4.87 Å². The Morgan fingerprint density at radius 2 is 1.88 bits per heavy atom. The summed E-state index contributed by atoms with van der Waals surface area (Å²) in [5, 5.41) is 0. The quantitative estimate of drug-likeness (QED) is 0.416. The molecular weight excluding hydrogens is 128 g/mol. The van der Waals surface area contributed by atoms with E-state index in [1.165, 1.54) is 12.6 Å². The van der Waals surface area contributed by atoms with Crippen molar-refractivity contribution in [2.24, 2.45) is 0 Å². The smallest absolute Gasteiger partial charge is 0.229 e. The monoisotopic (exact) mass is 132 g/mol. The first kappa shape index (κ1) is 7.63. The maximum atomic E-state index is 9.77. The van der Waals surface area contributed by atoms with Gasteiger partial charge in [-0.15, -0.1) is 11.6 Å². The third-order valence-electron chi connectivity index (χ3n) is 0.811. The van der Waals surface area contributed by atoms with Crippen LogP contribution in [0.4, 0.5) is 0 Å². The normalized spacial score (nSPS) is 10.8. The largest absolute Gasteiger partial charge is 0.288 e. The second kappa shape index (κ2) is 2.82. The number of hydrogen-bond acceptors (Lipinski definition) is 2. The molecule has 44 valence electrons. The summed E-state index contributed by atoms with van der Waals surface area (Å²) in [7, 11) is 0. The molecule has 2 nitrogen and oxygen atoms in total. The van der Waals surface area contributed by atoms with Crippen molar-refractivity contribution in [3.63, 3.8) is 0 Å².